The molecular weight excluding hydrogens is 324 g/mol. The zero-order chi connectivity index (χ0) is 17.8. The maximum absolute atomic E-state index is 9.81. The molecule has 0 bridgehead atoms. The van der Waals surface area contributed by atoms with Gasteiger partial charge >= 0.3 is 0 Å². The third kappa shape index (κ3) is 3.11. The van der Waals surface area contributed by atoms with Crippen LogP contribution in [0.15, 0.2) is 61.1 Å². The third-order valence-corrected chi connectivity index (χ3v) is 4.73. The number of hydrogen-bond acceptors (Lipinski definition) is 5. The summed E-state index contributed by atoms with van der Waals surface area (Å²) in [5.41, 5.74) is 2.64. The molecule has 3 aromatic rings. The third-order valence-electron chi connectivity index (χ3n) is 4.73. The second-order valence-corrected chi connectivity index (χ2v) is 6.28. The summed E-state index contributed by atoms with van der Waals surface area (Å²) in [6.07, 6.45) is 6.64. The minimum Gasteiger partial charge on any atom is -0.369 e. The quantitative estimate of drug-likeness (QED) is 0.731. The van der Waals surface area contributed by atoms with E-state index in [0.29, 0.717) is 0 Å². The highest BCUT2D eigenvalue weighted by molar-refractivity contribution is 5.68. The van der Waals surface area contributed by atoms with Gasteiger partial charge < -0.3 is 14.4 Å². The van der Waals surface area contributed by atoms with Gasteiger partial charge in [-0.05, 0) is 42.8 Å². The highest BCUT2D eigenvalue weighted by Crippen LogP contribution is 2.27. The summed E-state index contributed by atoms with van der Waals surface area (Å²) in [5.74, 6) is 0.913. The van der Waals surface area contributed by atoms with Crippen molar-refractivity contribution in [2.75, 3.05) is 36.0 Å². The molecule has 6 heteroatoms. The van der Waals surface area contributed by atoms with Crippen LogP contribution in [0, 0.1) is 11.3 Å². The predicted octanol–water partition coefficient (Wildman–Crippen LogP) is 2.86. The van der Waals surface area contributed by atoms with Crippen LogP contribution in [0.25, 0.3) is 5.69 Å². The summed E-state index contributed by atoms with van der Waals surface area (Å²) >= 11 is 0. The molecule has 0 N–H and O–H groups in total. The molecule has 2 aromatic heterocycles. The number of benzene rings is 1. The van der Waals surface area contributed by atoms with Crippen LogP contribution >= 0.6 is 0 Å². The molecule has 0 unspecified atom stereocenters. The molecule has 130 valence electrons. The van der Waals surface area contributed by atoms with Gasteiger partial charge in [0.15, 0.2) is 5.82 Å². The van der Waals surface area contributed by atoms with E-state index in [2.05, 4.69) is 26.1 Å². The Balaban J connectivity index is 1.60. The predicted molar refractivity (Wildman–Crippen MR) is 102 cm³/mol. The minimum absolute atomic E-state index is 0.719. The maximum Gasteiger partial charge on any atom is 0.151 e. The second-order valence-electron chi connectivity index (χ2n) is 6.28. The van der Waals surface area contributed by atoms with E-state index >= 15 is 0 Å². The maximum atomic E-state index is 9.81. The number of nitriles is 1. The molecule has 1 fully saturated rings. The van der Waals surface area contributed by atoms with Gasteiger partial charge in [-0.15, -0.1) is 5.10 Å². The summed E-state index contributed by atoms with van der Waals surface area (Å²) < 4.78 is 1.99. The van der Waals surface area contributed by atoms with E-state index in [1.807, 2.05) is 59.4 Å². The van der Waals surface area contributed by atoms with Crippen LogP contribution in [0.3, 0.4) is 0 Å². The number of nitrogens with zero attached hydrogens (tertiary/aromatic N) is 6. The Morgan fingerprint density at radius 3 is 2.38 bits per heavy atom. The second kappa shape index (κ2) is 7.28. The normalized spacial score (nSPS) is 14.7. The minimum atomic E-state index is 0.719. The summed E-state index contributed by atoms with van der Waals surface area (Å²) in [6.45, 7) is 3.56. The molecule has 1 aromatic carbocycles. The summed E-state index contributed by atoms with van der Waals surface area (Å²) in [5, 5.41) is 18.0. The van der Waals surface area contributed by atoms with Crippen LogP contribution in [0.5, 0.6) is 0 Å². The molecule has 0 spiro atoms. The van der Waals surface area contributed by atoms with E-state index in [1.54, 1.807) is 6.20 Å². The van der Waals surface area contributed by atoms with E-state index in [-0.39, 0.29) is 0 Å². The monoisotopic (exact) mass is 344 g/mol. The van der Waals surface area contributed by atoms with E-state index in [0.717, 1.165) is 55.4 Å². The summed E-state index contributed by atoms with van der Waals surface area (Å²) in [6, 6.07) is 16.3. The van der Waals surface area contributed by atoms with Crippen molar-refractivity contribution in [3.05, 3.63) is 66.6 Å². The Hall–Kier alpha value is -3.33. The Bertz CT molecular complexity index is 898. The van der Waals surface area contributed by atoms with E-state index in [4.69, 9.17) is 0 Å². The van der Waals surface area contributed by atoms with Gasteiger partial charge in [-0.2, -0.15) is 10.4 Å². The van der Waals surface area contributed by atoms with Gasteiger partial charge in [0.1, 0.15) is 6.07 Å². The highest BCUT2D eigenvalue weighted by Gasteiger charge is 2.20. The number of aromatic nitrogens is 3. The topological polar surface area (TPSA) is 61.0 Å². The molecule has 4 rings (SSSR count). The Labute approximate surface area is 152 Å². The molecule has 1 saturated heterocycles. The lowest BCUT2D eigenvalue weighted by Crippen LogP contribution is -2.31. The molecule has 6 nitrogen and oxygen atoms in total. The van der Waals surface area contributed by atoms with Crippen molar-refractivity contribution in [3.8, 4) is 11.8 Å². The van der Waals surface area contributed by atoms with Gasteiger partial charge in [-0.25, -0.2) is 0 Å². The van der Waals surface area contributed by atoms with Crippen LogP contribution in [-0.2, 0) is 0 Å². The molecule has 0 saturated carbocycles. The van der Waals surface area contributed by atoms with Crippen molar-refractivity contribution < 1.29 is 0 Å². The number of hydrogen-bond donors (Lipinski definition) is 0. The van der Waals surface area contributed by atoms with Gasteiger partial charge in [0.2, 0.25) is 0 Å². The molecule has 26 heavy (non-hydrogen) atoms. The lowest BCUT2D eigenvalue weighted by atomic mass is 10.1. The Morgan fingerprint density at radius 1 is 0.846 bits per heavy atom. The number of anilines is 2. The van der Waals surface area contributed by atoms with Crippen molar-refractivity contribution >= 4 is 11.5 Å². The van der Waals surface area contributed by atoms with Gasteiger partial charge in [-0.1, -0.05) is 6.07 Å². The van der Waals surface area contributed by atoms with Crippen molar-refractivity contribution in [1.82, 2.24) is 14.8 Å². The smallest absolute Gasteiger partial charge is 0.151 e. The number of rotatable bonds is 3. The summed E-state index contributed by atoms with van der Waals surface area (Å²) in [4.78, 5) is 4.57. The van der Waals surface area contributed by atoms with Crippen LogP contribution < -0.4 is 9.80 Å². The SMILES string of the molecule is N#Cc1c(N2CCCN(c3cccnn3)CC2)cccc1-n1cccc1. The van der Waals surface area contributed by atoms with Crippen LogP contribution in [-0.4, -0.2) is 40.9 Å². The van der Waals surface area contributed by atoms with E-state index in [9.17, 15) is 5.26 Å². The Morgan fingerprint density at radius 2 is 1.62 bits per heavy atom. The molecule has 1 aliphatic heterocycles. The molecule has 0 aliphatic carbocycles. The Kier molecular flexibility index (Phi) is 4.52. The largest absolute Gasteiger partial charge is 0.369 e. The average molecular weight is 344 g/mol. The van der Waals surface area contributed by atoms with Crippen molar-refractivity contribution in [1.29, 1.82) is 5.26 Å². The molecule has 0 radical (unpaired) electrons. The lowest BCUT2D eigenvalue weighted by Gasteiger charge is -2.25. The van der Waals surface area contributed by atoms with Crippen LogP contribution in [0.4, 0.5) is 11.5 Å². The van der Waals surface area contributed by atoms with Crippen LogP contribution in [0.2, 0.25) is 0 Å². The fourth-order valence-corrected chi connectivity index (χ4v) is 3.47. The first-order valence-corrected chi connectivity index (χ1v) is 8.81. The highest BCUT2D eigenvalue weighted by atomic mass is 15.3. The van der Waals surface area contributed by atoms with Crippen LogP contribution in [0.1, 0.15) is 12.0 Å². The fraction of sp³-hybridized carbons (Fsp3) is 0.250. The zero-order valence-corrected chi connectivity index (χ0v) is 14.5. The first-order valence-electron chi connectivity index (χ1n) is 8.81. The molecule has 0 atom stereocenters. The first-order chi connectivity index (χ1) is 12.9. The van der Waals surface area contributed by atoms with Crippen molar-refractivity contribution in [2.24, 2.45) is 0 Å². The van der Waals surface area contributed by atoms with E-state index < -0.39 is 0 Å². The molecule has 0 amide bonds. The standard InChI is InChI=1S/C20H20N6/c21-16-17-18(24-10-1-2-11-24)6-3-7-19(17)25-12-5-13-26(15-14-25)20-8-4-9-22-23-20/h1-4,6-11H,5,12-15H2. The van der Waals surface area contributed by atoms with Gasteiger partial charge in [0.05, 0.1) is 16.9 Å². The lowest BCUT2D eigenvalue weighted by molar-refractivity contribution is 0.786. The van der Waals surface area contributed by atoms with Gasteiger partial charge in [0.25, 0.3) is 0 Å². The molecule has 3 heterocycles. The van der Waals surface area contributed by atoms with Crippen molar-refractivity contribution in [3.63, 3.8) is 0 Å². The molecular formula is C20H20N6. The summed E-state index contributed by atoms with van der Waals surface area (Å²) in [7, 11) is 0. The van der Waals surface area contributed by atoms with E-state index in [1.165, 1.54) is 0 Å². The molecule has 1 aliphatic rings. The first kappa shape index (κ1) is 16.2. The van der Waals surface area contributed by atoms with Crippen molar-refractivity contribution in [2.45, 2.75) is 6.42 Å². The average Bonchev–Trinajstić information content (AvgIpc) is 3.12. The van der Waals surface area contributed by atoms with Gasteiger partial charge in [0, 0.05) is 44.8 Å². The fourth-order valence-electron chi connectivity index (χ4n) is 3.47. The van der Waals surface area contributed by atoms with Gasteiger partial charge in [-0.3, -0.25) is 0 Å². The zero-order valence-electron chi connectivity index (χ0n) is 14.5.